The molecular formula is C19H16N4O2S. The van der Waals surface area contributed by atoms with Crippen LogP contribution in [0, 0.1) is 0 Å². The van der Waals surface area contributed by atoms with Gasteiger partial charge in [-0.25, -0.2) is 0 Å². The van der Waals surface area contributed by atoms with Crippen molar-refractivity contribution in [3.8, 4) is 11.5 Å². The summed E-state index contributed by atoms with van der Waals surface area (Å²) >= 11 is 1.71. The maximum absolute atomic E-state index is 5.40. The number of hydrogen-bond donors (Lipinski definition) is 1. The van der Waals surface area contributed by atoms with Gasteiger partial charge in [0, 0.05) is 16.3 Å². The summed E-state index contributed by atoms with van der Waals surface area (Å²) in [6.45, 7) is 0. The van der Waals surface area contributed by atoms with Gasteiger partial charge in [0.1, 0.15) is 11.5 Å². The molecule has 2 aromatic heterocycles. The normalized spacial score (nSPS) is 11.7. The SMILES string of the molecule is COc1cc(OC)cc(/C(=C/c2csc3ccccc23)c2nn[nH]n2)c1. The molecule has 0 unspecified atom stereocenters. The van der Waals surface area contributed by atoms with E-state index in [9.17, 15) is 0 Å². The molecule has 0 radical (unpaired) electrons. The number of H-pyrrole nitrogens is 1. The summed E-state index contributed by atoms with van der Waals surface area (Å²) in [5.41, 5.74) is 2.82. The second-order valence-corrected chi connectivity index (χ2v) is 6.49. The van der Waals surface area contributed by atoms with Crippen molar-refractivity contribution >= 4 is 33.1 Å². The number of rotatable bonds is 5. The molecule has 0 aliphatic rings. The lowest BCUT2D eigenvalue weighted by Gasteiger charge is -2.10. The van der Waals surface area contributed by atoms with E-state index in [-0.39, 0.29) is 0 Å². The first kappa shape index (κ1) is 16.3. The van der Waals surface area contributed by atoms with Crippen LogP contribution in [0.15, 0.2) is 47.8 Å². The summed E-state index contributed by atoms with van der Waals surface area (Å²) in [4.78, 5) is 0. The van der Waals surface area contributed by atoms with Crippen molar-refractivity contribution in [3.63, 3.8) is 0 Å². The summed E-state index contributed by atoms with van der Waals surface area (Å²) in [6.07, 6.45) is 2.07. The minimum Gasteiger partial charge on any atom is -0.497 e. The third kappa shape index (κ3) is 3.04. The van der Waals surface area contributed by atoms with E-state index in [0.29, 0.717) is 17.3 Å². The van der Waals surface area contributed by atoms with E-state index in [0.717, 1.165) is 16.7 Å². The molecule has 0 aliphatic heterocycles. The smallest absolute Gasteiger partial charge is 0.205 e. The van der Waals surface area contributed by atoms with E-state index in [1.54, 1.807) is 25.6 Å². The molecule has 0 atom stereocenters. The highest BCUT2D eigenvalue weighted by atomic mass is 32.1. The fraction of sp³-hybridized carbons (Fsp3) is 0.105. The number of nitrogens with zero attached hydrogens (tertiary/aromatic N) is 3. The fourth-order valence-corrected chi connectivity index (χ4v) is 3.70. The Morgan fingerprint density at radius 1 is 1.08 bits per heavy atom. The Hall–Kier alpha value is -3.19. The van der Waals surface area contributed by atoms with Crippen LogP contribution in [0.2, 0.25) is 0 Å². The van der Waals surface area contributed by atoms with Gasteiger partial charge in [-0.15, -0.1) is 21.5 Å². The molecule has 6 nitrogen and oxygen atoms in total. The zero-order valence-corrected chi connectivity index (χ0v) is 15.1. The molecule has 26 heavy (non-hydrogen) atoms. The van der Waals surface area contributed by atoms with Crippen molar-refractivity contribution in [1.29, 1.82) is 0 Å². The lowest BCUT2D eigenvalue weighted by atomic mass is 10.0. The number of hydrogen-bond acceptors (Lipinski definition) is 6. The fourth-order valence-electron chi connectivity index (χ4n) is 2.78. The van der Waals surface area contributed by atoms with Crippen molar-refractivity contribution in [3.05, 3.63) is 64.8 Å². The summed E-state index contributed by atoms with van der Waals surface area (Å²) in [5.74, 6) is 1.91. The van der Waals surface area contributed by atoms with E-state index >= 15 is 0 Å². The van der Waals surface area contributed by atoms with E-state index in [1.807, 2.05) is 30.3 Å². The molecule has 2 aromatic carbocycles. The lowest BCUT2D eigenvalue weighted by molar-refractivity contribution is 0.394. The molecule has 4 rings (SSSR count). The van der Waals surface area contributed by atoms with Crippen LogP contribution in [0.3, 0.4) is 0 Å². The standard InChI is InChI=1S/C19H16N4O2S/c1-24-14-7-12(8-15(10-14)25-2)17(19-20-22-23-21-19)9-13-11-26-18-6-4-3-5-16(13)18/h3-11H,1-2H3,(H,20,21,22,23)/b17-9-. The number of tetrazole rings is 1. The van der Waals surface area contributed by atoms with Gasteiger partial charge in [-0.05, 0) is 51.4 Å². The molecule has 2 heterocycles. The molecule has 0 saturated carbocycles. The largest absolute Gasteiger partial charge is 0.497 e. The molecule has 0 saturated heterocycles. The lowest BCUT2D eigenvalue weighted by Crippen LogP contribution is -1.95. The summed E-state index contributed by atoms with van der Waals surface area (Å²) in [7, 11) is 3.26. The molecule has 0 fully saturated rings. The highest BCUT2D eigenvalue weighted by molar-refractivity contribution is 7.17. The molecule has 4 aromatic rings. The topological polar surface area (TPSA) is 72.9 Å². The zero-order chi connectivity index (χ0) is 17.9. The summed E-state index contributed by atoms with van der Waals surface area (Å²) < 4.78 is 12.0. The van der Waals surface area contributed by atoms with Gasteiger partial charge in [0.15, 0.2) is 0 Å². The van der Waals surface area contributed by atoms with E-state index < -0.39 is 0 Å². The molecule has 0 aliphatic carbocycles. The third-order valence-electron chi connectivity index (χ3n) is 4.06. The van der Waals surface area contributed by atoms with Crippen molar-refractivity contribution in [1.82, 2.24) is 20.6 Å². The second-order valence-electron chi connectivity index (χ2n) is 5.58. The van der Waals surface area contributed by atoms with Crippen LogP contribution >= 0.6 is 11.3 Å². The number of fused-ring (bicyclic) bond motifs is 1. The average Bonchev–Trinajstić information content (AvgIpc) is 3.35. The Balaban J connectivity index is 1.92. The molecule has 0 bridgehead atoms. The first-order valence-electron chi connectivity index (χ1n) is 7.93. The number of aromatic amines is 1. The van der Waals surface area contributed by atoms with Gasteiger partial charge < -0.3 is 9.47 Å². The number of nitrogens with one attached hydrogen (secondary N) is 1. The maximum atomic E-state index is 5.40. The van der Waals surface area contributed by atoms with E-state index in [2.05, 4.69) is 44.2 Å². The van der Waals surface area contributed by atoms with Crippen molar-refractivity contribution in [2.45, 2.75) is 0 Å². The third-order valence-corrected chi connectivity index (χ3v) is 5.04. The molecule has 1 N–H and O–H groups in total. The molecular weight excluding hydrogens is 348 g/mol. The van der Waals surface area contributed by atoms with Gasteiger partial charge in [-0.3, -0.25) is 0 Å². The Kier molecular flexibility index (Phi) is 4.37. The van der Waals surface area contributed by atoms with Gasteiger partial charge in [0.05, 0.1) is 14.2 Å². The van der Waals surface area contributed by atoms with Crippen LogP contribution in [-0.2, 0) is 0 Å². The maximum Gasteiger partial charge on any atom is 0.205 e. The van der Waals surface area contributed by atoms with Crippen molar-refractivity contribution in [2.24, 2.45) is 0 Å². The van der Waals surface area contributed by atoms with Gasteiger partial charge in [-0.2, -0.15) is 5.21 Å². The molecule has 7 heteroatoms. The number of benzene rings is 2. The number of methoxy groups -OCH3 is 2. The molecule has 130 valence electrons. The predicted molar refractivity (Wildman–Crippen MR) is 103 cm³/mol. The minimum atomic E-state index is 0.510. The molecule has 0 spiro atoms. The van der Waals surface area contributed by atoms with Crippen LogP contribution in [0.1, 0.15) is 17.0 Å². The quantitative estimate of drug-likeness (QED) is 0.579. The Morgan fingerprint density at radius 2 is 1.85 bits per heavy atom. The van der Waals surface area contributed by atoms with E-state index in [1.165, 1.54) is 10.1 Å². The first-order valence-corrected chi connectivity index (χ1v) is 8.81. The number of thiophene rings is 1. The highest BCUT2D eigenvalue weighted by Gasteiger charge is 2.14. The van der Waals surface area contributed by atoms with Gasteiger partial charge in [0.25, 0.3) is 0 Å². The van der Waals surface area contributed by atoms with Crippen molar-refractivity contribution in [2.75, 3.05) is 14.2 Å². The summed E-state index contributed by atoms with van der Waals surface area (Å²) in [5, 5.41) is 17.9. The van der Waals surface area contributed by atoms with Crippen LogP contribution in [-0.4, -0.2) is 34.8 Å². The van der Waals surface area contributed by atoms with Crippen molar-refractivity contribution < 1.29 is 9.47 Å². The Bertz CT molecular complexity index is 1050. The minimum absolute atomic E-state index is 0.510. The van der Waals surface area contributed by atoms with Crippen LogP contribution in [0.4, 0.5) is 0 Å². The number of ether oxygens (including phenoxy) is 2. The van der Waals surface area contributed by atoms with Gasteiger partial charge in [0.2, 0.25) is 5.82 Å². The second kappa shape index (κ2) is 6.97. The van der Waals surface area contributed by atoms with Gasteiger partial charge in [-0.1, -0.05) is 18.2 Å². The average molecular weight is 364 g/mol. The highest BCUT2D eigenvalue weighted by Crippen LogP contribution is 2.33. The predicted octanol–water partition coefficient (Wildman–Crippen LogP) is 4.02. The monoisotopic (exact) mass is 364 g/mol. The van der Waals surface area contributed by atoms with Crippen LogP contribution in [0.5, 0.6) is 11.5 Å². The van der Waals surface area contributed by atoms with Crippen LogP contribution in [0.25, 0.3) is 21.7 Å². The Labute approximate surface area is 154 Å². The van der Waals surface area contributed by atoms with Crippen LogP contribution < -0.4 is 9.47 Å². The molecule has 0 amide bonds. The zero-order valence-electron chi connectivity index (χ0n) is 14.3. The Morgan fingerprint density at radius 3 is 2.54 bits per heavy atom. The summed E-state index contributed by atoms with van der Waals surface area (Å²) in [6, 6.07) is 14.0. The van der Waals surface area contributed by atoms with E-state index in [4.69, 9.17) is 9.47 Å². The number of aromatic nitrogens is 4. The first-order chi connectivity index (χ1) is 12.8. The van der Waals surface area contributed by atoms with Gasteiger partial charge >= 0.3 is 0 Å².